The van der Waals surface area contributed by atoms with E-state index in [9.17, 15) is 0 Å². The van der Waals surface area contributed by atoms with Crippen molar-refractivity contribution in [3.63, 3.8) is 0 Å². The molecule has 2 aromatic rings. The van der Waals surface area contributed by atoms with Crippen molar-refractivity contribution in [2.45, 2.75) is 13.5 Å². The van der Waals surface area contributed by atoms with Crippen molar-refractivity contribution < 1.29 is 0 Å². The number of H-pyrrole nitrogens is 1. The number of nitrogens with zero attached hydrogens (tertiary/aromatic N) is 2. The zero-order chi connectivity index (χ0) is 10.7. The highest BCUT2D eigenvalue weighted by Gasteiger charge is 2.00. The van der Waals surface area contributed by atoms with Crippen molar-refractivity contribution >= 4 is 11.5 Å². The van der Waals surface area contributed by atoms with Crippen molar-refractivity contribution in [1.82, 2.24) is 15.2 Å². The van der Waals surface area contributed by atoms with E-state index in [1.54, 1.807) is 6.20 Å². The molecule has 0 aliphatic heterocycles. The van der Waals surface area contributed by atoms with E-state index in [1.807, 2.05) is 25.1 Å². The third kappa shape index (κ3) is 2.25. The predicted molar refractivity (Wildman–Crippen MR) is 59.3 cm³/mol. The maximum absolute atomic E-state index is 5.63. The van der Waals surface area contributed by atoms with Gasteiger partial charge in [0, 0.05) is 5.69 Å². The fourth-order valence-corrected chi connectivity index (χ4v) is 1.32. The molecule has 0 saturated carbocycles. The summed E-state index contributed by atoms with van der Waals surface area (Å²) in [6.07, 6.45) is 1.66. The summed E-state index contributed by atoms with van der Waals surface area (Å²) in [5, 5.41) is 9.63. The average Bonchev–Trinajstić information content (AvgIpc) is 2.61. The summed E-state index contributed by atoms with van der Waals surface area (Å²) >= 11 is 0. The van der Waals surface area contributed by atoms with Gasteiger partial charge in [-0.1, -0.05) is 6.07 Å². The largest absolute Gasteiger partial charge is 0.382 e. The molecule has 0 aromatic carbocycles. The first kappa shape index (κ1) is 9.51. The Hall–Kier alpha value is -2.04. The quantitative estimate of drug-likeness (QED) is 0.702. The summed E-state index contributed by atoms with van der Waals surface area (Å²) < 4.78 is 0. The van der Waals surface area contributed by atoms with Gasteiger partial charge in [0.1, 0.15) is 5.82 Å². The molecular weight excluding hydrogens is 190 g/mol. The molecule has 5 nitrogen and oxygen atoms in total. The molecule has 0 spiro atoms. The number of nitrogen functional groups attached to an aromatic ring is 1. The van der Waals surface area contributed by atoms with Gasteiger partial charge in [-0.05, 0) is 19.1 Å². The molecule has 15 heavy (non-hydrogen) atoms. The summed E-state index contributed by atoms with van der Waals surface area (Å²) in [6.45, 7) is 2.61. The zero-order valence-electron chi connectivity index (χ0n) is 8.49. The number of anilines is 2. The Labute approximate surface area is 87.7 Å². The second kappa shape index (κ2) is 4.00. The molecule has 2 heterocycles. The number of hydrogen-bond donors (Lipinski definition) is 3. The van der Waals surface area contributed by atoms with E-state index in [0.717, 1.165) is 17.1 Å². The van der Waals surface area contributed by atoms with Gasteiger partial charge >= 0.3 is 0 Å². The van der Waals surface area contributed by atoms with Gasteiger partial charge in [-0.15, -0.1) is 0 Å². The lowest BCUT2D eigenvalue weighted by Gasteiger charge is -2.04. The molecule has 4 N–H and O–H groups in total. The van der Waals surface area contributed by atoms with Crippen LogP contribution in [0.25, 0.3) is 0 Å². The van der Waals surface area contributed by atoms with Gasteiger partial charge < -0.3 is 11.1 Å². The van der Waals surface area contributed by atoms with Gasteiger partial charge in [-0.25, -0.2) is 0 Å². The van der Waals surface area contributed by atoms with E-state index in [0.29, 0.717) is 12.4 Å². The summed E-state index contributed by atoms with van der Waals surface area (Å²) in [5.74, 6) is 0.544. The molecule has 2 rings (SSSR count). The number of nitrogens with one attached hydrogen (secondary N) is 2. The highest BCUT2D eigenvalue weighted by molar-refractivity contribution is 5.59. The molecule has 2 aromatic heterocycles. The van der Waals surface area contributed by atoms with Crippen LogP contribution in [-0.4, -0.2) is 15.2 Å². The van der Waals surface area contributed by atoms with Crippen molar-refractivity contribution in [2.24, 2.45) is 0 Å². The minimum Gasteiger partial charge on any atom is -0.382 e. The highest BCUT2D eigenvalue weighted by Crippen LogP contribution is 2.13. The van der Waals surface area contributed by atoms with Gasteiger partial charge in [-0.3, -0.25) is 10.1 Å². The van der Waals surface area contributed by atoms with E-state index in [-0.39, 0.29) is 0 Å². The van der Waals surface area contributed by atoms with Crippen LogP contribution in [0.15, 0.2) is 24.4 Å². The molecule has 0 bridgehead atoms. The first-order valence-electron chi connectivity index (χ1n) is 4.71. The number of aromatic amines is 1. The van der Waals surface area contributed by atoms with Crippen LogP contribution in [0, 0.1) is 6.92 Å². The summed E-state index contributed by atoms with van der Waals surface area (Å²) in [6, 6.07) is 5.92. The van der Waals surface area contributed by atoms with Gasteiger partial charge in [0.05, 0.1) is 24.1 Å². The third-order valence-corrected chi connectivity index (χ3v) is 2.07. The maximum Gasteiger partial charge on any atom is 0.142 e. The van der Waals surface area contributed by atoms with Gasteiger partial charge in [0.25, 0.3) is 0 Å². The number of rotatable bonds is 3. The Morgan fingerprint density at radius 2 is 2.33 bits per heavy atom. The molecular formula is C10H13N5. The number of aryl methyl sites for hydroxylation is 1. The summed E-state index contributed by atoms with van der Waals surface area (Å²) in [4.78, 5) is 4.37. The minimum absolute atomic E-state index is 0.544. The highest BCUT2D eigenvalue weighted by atomic mass is 15.2. The van der Waals surface area contributed by atoms with Crippen molar-refractivity contribution in [3.8, 4) is 0 Å². The van der Waals surface area contributed by atoms with Crippen LogP contribution in [0.2, 0.25) is 0 Å². The lowest BCUT2D eigenvalue weighted by molar-refractivity contribution is 1.02. The van der Waals surface area contributed by atoms with E-state index in [1.165, 1.54) is 0 Å². The third-order valence-electron chi connectivity index (χ3n) is 2.07. The normalized spacial score (nSPS) is 10.2. The number of nitrogens with two attached hydrogens (primary N) is 1. The summed E-state index contributed by atoms with van der Waals surface area (Å²) in [5.41, 5.74) is 8.43. The predicted octanol–water partition coefficient (Wildman–Crippen LogP) is 1.31. The van der Waals surface area contributed by atoms with Crippen LogP contribution in [0.5, 0.6) is 0 Å². The molecule has 0 amide bonds. The van der Waals surface area contributed by atoms with Crippen LogP contribution in [0.1, 0.15) is 11.4 Å². The molecule has 0 atom stereocenters. The SMILES string of the molecule is Cc1cccc(CNc2cn[nH]c2N)n1. The molecule has 5 heteroatoms. The Morgan fingerprint density at radius 3 is 3.00 bits per heavy atom. The average molecular weight is 203 g/mol. The Morgan fingerprint density at radius 1 is 1.47 bits per heavy atom. The van der Waals surface area contributed by atoms with Crippen LogP contribution in [0.4, 0.5) is 11.5 Å². The first-order chi connectivity index (χ1) is 7.25. The van der Waals surface area contributed by atoms with E-state index < -0.39 is 0 Å². The lowest BCUT2D eigenvalue weighted by Crippen LogP contribution is -2.03. The fraction of sp³-hybridized carbons (Fsp3) is 0.200. The van der Waals surface area contributed by atoms with Gasteiger partial charge in [-0.2, -0.15) is 5.10 Å². The maximum atomic E-state index is 5.63. The summed E-state index contributed by atoms with van der Waals surface area (Å²) in [7, 11) is 0. The second-order valence-electron chi connectivity index (χ2n) is 3.32. The number of pyridine rings is 1. The van der Waals surface area contributed by atoms with Crippen LogP contribution >= 0.6 is 0 Å². The monoisotopic (exact) mass is 203 g/mol. The molecule has 0 unspecified atom stereocenters. The molecule has 0 aliphatic carbocycles. The lowest BCUT2D eigenvalue weighted by atomic mass is 10.3. The number of hydrogen-bond acceptors (Lipinski definition) is 4. The molecule has 0 aliphatic rings. The minimum atomic E-state index is 0.544. The number of aromatic nitrogens is 3. The standard InChI is InChI=1S/C10H13N5/c1-7-3-2-4-8(14-7)5-12-9-6-13-15-10(9)11/h2-4,6,12H,5H2,1H3,(H3,11,13,15). The zero-order valence-corrected chi connectivity index (χ0v) is 8.49. The van der Waals surface area contributed by atoms with E-state index in [4.69, 9.17) is 5.73 Å². The van der Waals surface area contributed by atoms with Crippen LogP contribution in [0.3, 0.4) is 0 Å². The molecule has 78 valence electrons. The molecule has 0 fully saturated rings. The molecule has 0 saturated heterocycles. The van der Waals surface area contributed by atoms with Crippen molar-refractivity contribution in [3.05, 3.63) is 35.8 Å². The first-order valence-corrected chi connectivity index (χ1v) is 4.71. The smallest absolute Gasteiger partial charge is 0.142 e. The van der Waals surface area contributed by atoms with Gasteiger partial charge in [0.2, 0.25) is 0 Å². The van der Waals surface area contributed by atoms with Gasteiger partial charge in [0.15, 0.2) is 0 Å². The topological polar surface area (TPSA) is 79.6 Å². The molecule has 0 radical (unpaired) electrons. The Balaban J connectivity index is 2.02. The van der Waals surface area contributed by atoms with E-state index in [2.05, 4.69) is 20.5 Å². The Bertz CT molecular complexity index is 449. The van der Waals surface area contributed by atoms with E-state index >= 15 is 0 Å². The second-order valence-corrected chi connectivity index (χ2v) is 3.32. The van der Waals surface area contributed by atoms with Crippen molar-refractivity contribution in [2.75, 3.05) is 11.1 Å². The van der Waals surface area contributed by atoms with Crippen molar-refractivity contribution in [1.29, 1.82) is 0 Å². The Kier molecular flexibility index (Phi) is 2.53. The fourth-order valence-electron chi connectivity index (χ4n) is 1.32. The van der Waals surface area contributed by atoms with Crippen LogP contribution in [-0.2, 0) is 6.54 Å². The van der Waals surface area contributed by atoms with Crippen LogP contribution < -0.4 is 11.1 Å².